The third-order valence-electron chi connectivity index (χ3n) is 2.73. The second-order valence-electron chi connectivity index (χ2n) is 3.99. The Bertz CT molecular complexity index is 679. The fraction of sp³-hybridized carbons (Fsp3) is 0. The highest BCUT2D eigenvalue weighted by atomic mass is 16.4. The number of aromatic nitrogens is 1. The molecule has 3 aromatic rings. The minimum absolute atomic E-state index is 0.399. The Labute approximate surface area is 104 Å². The molecule has 0 fully saturated rings. The molecule has 18 heavy (non-hydrogen) atoms. The maximum Gasteiger partial charge on any atom is 0.488 e. The molecular weight excluding hydrogens is 229 g/mol. The van der Waals surface area contributed by atoms with Gasteiger partial charge in [-0.2, -0.15) is 0 Å². The molecule has 1 aromatic heterocycles. The molecular formula is C13H10BNO3. The van der Waals surface area contributed by atoms with E-state index in [9.17, 15) is 0 Å². The van der Waals surface area contributed by atoms with E-state index in [0.717, 1.165) is 5.56 Å². The zero-order valence-electron chi connectivity index (χ0n) is 9.45. The number of benzene rings is 2. The number of nitrogens with zero attached hydrogens (tertiary/aromatic N) is 1. The van der Waals surface area contributed by atoms with Gasteiger partial charge in [-0.05, 0) is 29.7 Å². The summed E-state index contributed by atoms with van der Waals surface area (Å²) in [5.74, 6) is 0.523. The largest absolute Gasteiger partial charge is 0.488 e. The van der Waals surface area contributed by atoms with E-state index in [0.29, 0.717) is 22.5 Å². The molecule has 88 valence electrons. The number of rotatable bonds is 2. The standard InChI is InChI=1S/C13H10BNO3/c16-14(17)10-6-7-12-11(8-10)15-13(18-12)9-4-2-1-3-5-9/h1-8,16-17H. The lowest BCUT2D eigenvalue weighted by molar-refractivity contribution is 0.426. The van der Waals surface area contributed by atoms with E-state index in [4.69, 9.17) is 14.5 Å². The molecule has 0 bridgehead atoms. The topological polar surface area (TPSA) is 66.5 Å². The van der Waals surface area contributed by atoms with Crippen LogP contribution in [0.25, 0.3) is 22.6 Å². The van der Waals surface area contributed by atoms with Crippen LogP contribution in [0.1, 0.15) is 0 Å². The van der Waals surface area contributed by atoms with Crippen molar-refractivity contribution < 1.29 is 14.5 Å². The first-order valence-corrected chi connectivity index (χ1v) is 5.56. The van der Waals surface area contributed by atoms with Gasteiger partial charge >= 0.3 is 7.12 Å². The molecule has 5 heteroatoms. The molecule has 4 nitrogen and oxygen atoms in total. The van der Waals surface area contributed by atoms with Gasteiger partial charge in [0.2, 0.25) is 5.89 Å². The molecule has 1 heterocycles. The van der Waals surface area contributed by atoms with Crippen molar-refractivity contribution in [1.82, 2.24) is 4.98 Å². The number of hydrogen-bond donors (Lipinski definition) is 2. The monoisotopic (exact) mass is 239 g/mol. The van der Waals surface area contributed by atoms with Gasteiger partial charge in [0, 0.05) is 5.56 Å². The van der Waals surface area contributed by atoms with Crippen LogP contribution in [-0.2, 0) is 0 Å². The van der Waals surface area contributed by atoms with Crippen LogP contribution in [0.15, 0.2) is 52.9 Å². The number of fused-ring (bicyclic) bond motifs is 1. The van der Waals surface area contributed by atoms with Crippen LogP contribution in [0, 0.1) is 0 Å². The fourth-order valence-electron chi connectivity index (χ4n) is 1.81. The summed E-state index contributed by atoms with van der Waals surface area (Å²) in [5, 5.41) is 18.2. The summed E-state index contributed by atoms with van der Waals surface area (Å²) in [6.07, 6.45) is 0. The van der Waals surface area contributed by atoms with Gasteiger partial charge in [-0.3, -0.25) is 0 Å². The Kier molecular flexibility index (Phi) is 2.62. The van der Waals surface area contributed by atoms with Crippen molar-refractivity contribution in [3.8, 4) is 11.5 Å². The lowest BCUT2D eigenvalue weighted by atomic mass is 9.80. The molecule has 0 aliphatic heterocycles. The average molecular weight is 239 g/mol. The number of oxazole rings is 1. The Morgan fingerprint density at radius 1 is 1.00 bits per heavy atom. The summed E-state index contributed by atoms with van der Waals surface area (Å²) in [6.45, 7) is 0. The summed E-state index contributed by atoms with van der Waals surface area (Å²) in [7, 11) is -1.49. The maximum atomic E-state index is 9.10. The van der Waals surface area contributed by atoms with E-state index in [2.05, 4.69) is 4.98 Å². The molecule has 0 saturated carbocycles. The van der Waals surface area contributed by atoms with Crippen molar-refractivity contribution in [2.45, 2.75) is 0 Å². The molecule has 0 aliphatic carbocycles. The molecule has 0 atom stereocenters. The molecule has 0 aliphatic rings. The molecule has 2 N–H and O–H groups in total. The number of hydrogen-bond acceptors (Lipinski definition) is 4. The predicted molar refractivity (Wildman–Crippen MR) is 69.3 cm³/mol. The van der Waals surface area contributed by atoms with Crippen molar-refractivity contribution in [2.24, 2.45) is 0 Å². The smallest absolute Gasteiger partial charge is 0.436 e. The van der Waals surface area contributed by atoms with E-state index < -0.39 is 7.12 Å². The van der Waals surface area contributed by atoms with Crippen molar-refractivity contribution in [2.75, 3.05) is 0 Å². The summed E-state index contributed by atoms with van der Waals surface area (Å²) in [5.41, 5.74) is 2.52. The lowest BCUT2D eigenvalue weighted by Crippen LogP contribution is -2.29. The summed E-state index contributed by atoms with van der Waals surface area (Å²) >= 11 is 0. The van der Waals surface area contributed by atoms with Crippen LogP contribution >= 0.6 is 0 Å². The second-order valence-corrected chi connectivity index (χ2v) is 3.99. The summed E-state index contributed by atoms with van der Waals surface area (Å²) in [6, 6.07) is 14.5. The summed E-state index contributed by atoms with van der Waals surface area (Å²) < 4.78 is 5.61. The normalized spacial score (nSPS) is 10.8. The molecule has 0 unspecified atom stereocenters. The van der Waals surface area contributed by atoms with E-state index in [1.54, 1.807) is 18.2 Å². The third-order valence-corrected chi connectivity index (χ3v) is 2.73. The van der Waals surface area contributed by atoms with Crippen LogP contribution in [0.4, 0.5) is 0 Å². The van der Waals surface area contributed by atoms with Gasteiger partial charge in [-0.25, -0.2) is 4.98 Å². The molecule has 0 amide bonds. The first-order valence-electron chi connectivity index (χ1n) is 5.56. The maximum absolute atomic E-state index is 9.10. The van der Waals surface area contributed by atoms with Crippen molar-refractivity contribution in [3.05, 3.63) is 48.5 Å². The molecule has 0 spiro atoms. The van der Waals surface area contributed by atoms with Gasteiger partial charge in [0.1, 0.15) is 5.52 Å². The average Bonchev–Trinajstić information content (AvgIpc) is 2.82. The highest BCUT2D eigenvalue weighted by molar-refractivity contribution is 6.58. The Hall–Kier alpha value is -2.11. The minimum atomic E-state index is -1.49. The minimum Gasteiger partial charge on any atom is -0.436 e. The van der Waals surface area contributed by atoms with Crippen molar-refractivity contribution in [3.63, 3.8) is 0 Å². The fourth-order valence-corrected chi connectivity index (χ4v) is 1.81. The van der Waals surface area contributed by atoms with Crippen LogP contribution < -0.4 is 5.46 Å². The van der Waals surface area contributed by atoms with Gasteiger partial charge < -0.3 is 14.5 Å². The lowest BCUT2D eigenvalue weighted by Gasteiger charge is -1.96. The Morgan fingerprint density at radius 2 is 1.78 bits per heavy atom. The van der Waals surface area contributed by atoms with E-state index in [1.165, 1.54) is 0 Å². The predicted octanol–water partition coefficient (Wildman–Crippen LogP) is 1.17. The van der Waals surface area contributed by atoms with Gasteiger partial charge in [-0.15, -0.1) is 0 Å². The van der Waals surface area contributed by atoms with Crippen molar-refractivity contribution in [1.29, 1.82) is 0 Å². The third kappa shape index (κ3) is 1.90. The first-order chi connectivity index (χ1) is 8.74. The summed E-state index contributed by atoms with van der Waals surface area (Å²) in [4.78, 5) is 4.34. The van der Waals surface area contributed by atoms with Crippen molar-refractivity contribution >= 4 is 23.7 Å². The van der Waals surface area contributed by atoms with Crippen LogP contribution in [0.2, 0.25) is 0 Å². The van der Waals surface area contributed by atoms with Crippen LogP contribution in [0.5, 0.6) is 0 Å². The SMILES string of the molecule is OB(O)c1ccc2oc(-c3ccccc3)nc2c1. The van der Waals surface area contributed by atoms with E-state index in [1.807, 2.05) is 30.3 Å². The molecule has 0 radical (unpaired) electrons. The van der Waals surface area contributed by atoms with Gasteiger partial charge in [0.15, 0.2) is 5.58 Å². The van der Waals surface area contributed by atoms with Gasteiger partial charge in [-0.1, -0.05) is 24.3 Å². The first kappa shape index (κ1) is 11.0. The molecule has 3 rings (SSSR count). The van der Waals surface area contributed by atoms with Gasteiger partial charge in [0.05, 0.1) is 0 Å². The quantitative estimate of drug-likeness (QED) is 0.659. The zero-order valence-corrected chi connectivity index (χ0v) is 9.45. The highest BCUT2D eigenvalue weighted by Gasteiger charge is 2.14. The zero-order chi connectivity index (χ0) is 12.5. The molecule has 2 aromatic carbocycles. The van der Waals surface area contributed by atoms with E-state index >= 15 is 0 Å². The highest BCUT2D eigenvalue weighted by Crippen LogP contribution is 2.23. The van der Waals surface area contributed by atoms with E-state index in [-0.39, 0.29) is 0 Å². The van der Waals surface area contributed by atoms with Crippen LogP contribution in [-0.4, -0.2) is 22.2 Å². The second kappa shape index (κ2) is 4.29. The van der Waals surface area contributed by atoms with Crippen LogP contribution in [0.3, 0.4) is 0 Å². The Balaban J connectivity index is 2.11. The molecule has 0 saturated heterocycles. The Morgan fingerprint density at radius 3 is 2.50 bits per heavy atom. The van der Waals surface area contributed by atoms with Gasteiger partial charge in [0.25, 0.3) is 0 Å².